The summed E-state index contributed by atoms with van der Waals surface area (Å²) >= 11 is 0. The van der Waals surface area contributed by atoms with Gasteiger partial charge in [0.1, 0.15) is 0 Å². The topological polar surface area (TPSA) is 71.8 Å². The van der Waals surface area contributed by atoms with Crippen molar-refractivity contribution in [3.63, 3.8) is 0 Å². The van der Waals surface area contributed by atoms with E-state index in [4.69, 9.17) is 9.15 Å². The third-order valence-electron chi connectivity index (χ3n) is 5.66. The third kappa shape index (κ3) is 4.31. The number of ether oxygens (including phenoxy) is 1. The van der Waals surface area contributed by atoms with Crippen LogP contribution >= 0.6 is 0 Å². The van der Waals surface area contributed by atoms with Crippen LogP contribution < -0.4 is 10.1 Å². The highest BCUT2D eigenvalue weighted by molar-refractivity contribution is 5.86. The molecule has 2 amide bonds. The van der Waals surface area contributed by atoms with Gasteiger partial charge in [0.2, 0.25) is 5.91 Å². The highest BCUT2D eigenvalue weighted by Crippen LogP contribution is 2.51. The molecule has 1 aromatic heterocycles. The Bertz CT molecular complexity index is 1020. The van der Waals surface area contributed by atoms with Crippen LogP contribution in [0.4, 0.5) is 26.7 Å². The van der Waals surface area contributed by atoms with E-state index in [2.05, 4.69) is 5.32 Å². The van der Waals surface area contributed by atoms with Gasteiger partial charge in [-0.05, 0) is 30.0 Å². The van der Waals surface area contributed by atoms with E-state index in [1.807, 2.05) is 0 Å². The quantitative estimate of drug-likeness (QED) is 0.704. The van der Waals surface area contributed by atoms with Gasteiger partial charge in [-0.25, -0.2) is 13.6 Å². The predicted octanol–water partition coefficient (Wildman–Crippen LogP) is 4.53. The first-order valence-corrected chi connectivity index (χ1v) is 9.69. The zero-order chi connectivity index (χ0) is 22.6. The summed E-state index contributed by atoms with van der Waals surface area (Å²) in [4.78, 5) is 25.3. The first kappa shape index (κ1) is 21.4. The number of benzene rings is 1. The minimum absolute atomic E-state index is 0.0657. The second-order valence-electron chi connectivity index (χ2n) is 7.82. The number of amides is 2. The fraction of sp³-hybridized carbons (Fsp3) is 0.500. The van der Waals surface area contributed by atoms with E-state index in [9.17, 15) is 31.5 Å². The predicted molar refractivity (Wildman–Crippen MR) is 97.9 cm³/mol. The van der Waals surface area contributed by atoms with Gasteiger partial charge in [0, 0.05) is 50.3 Å². The molecule has 1 saturated heterocycles. The minimum Gasteiger partial charge on any atom is -0.425 e. The van der Waals surface area contributed by atoms with Crippen LogP contribution in [0.25, 0.3) is 11.0 Å². The summed E-state index contributed by atoms with van der Waals surface area (Å²) in [5, 5.41) is 2.25. The summed E-state index contributed by atoms with van der Waals surface area (Å²) < 4.78 is 77.4. The molecule has 6 nitrogen and oxygen atoms in total. The van der Waals surface area contributed by atoms with E-state index in [0.29, 0.717) is 12.0 Å². The number of hydrogen-bond acceptors (Lipinski definition) is 4. The van der Waals surface area contributed by atoms with E-state index in [1.54, 1.807) is 0 Å². The summed E-state index contributed by atoms with van der Waals surface area (Å²) in [5.74, 6) is -4.49. The zero-order valence-electron chi connectivity index (χ0n) is 16.4. The Balaban J connectivity index is 1.58. The number of fused-ring (bicyclic) bond motifs is 1. The molecule has 4 rings (SSSR count). The Morgan fingerprint density at radius 3 is 2.48 bits per heavy atom. The lowest BCUT2D eigenvalue weighted by atomic mass is 10.0. The van der Waals surface area contributed by atoms with E-state index < -0.39 is 60.0 Å². The largest absolute Gasteiger partial charge is 0.425 e. The summed E-state index contributed by atoms with van der Waals surface area (Å²) in [6.45, 7) is -0.131. The fourth-order valence-electron chi connectivity index (χ4n) is 3.90. The maximum absolute atomic E-state index is 13.6. The zero-order valence-corrected chi connectivity index (χ0v) is 16.4. The number of likely N-dealkylation sites (tertiary alicyclic amines) is 1. The molecule has 2 aromatic rings. The Hall–Kier alpha value is -2.85. The molecular weight excluding hydrogens is 427 g/mol. The third-order valence-corrected chi connectivity index (χ3v) is 5.66. The number of carbonyl (C=O) groups excluding carboxylic acids is 2. The normalized spacial score (nSPS) is 23.0. The standard InChI is InChI=1S/C20H19F5N2O4/c1-26-18(29)31-15-8-11-6-10(7-14(16(11)30-15)20(23,24)25)12-9-13(12)17(28)27-4-2-19(21,22)3-5-27/h6-8,12-13H,2-5,9H2,1H3,(H,26,29). The average molecular weight is 446 g/mol. The van der Waals surface area contributed by atoms with Crippen LogP contribution in [0.5, 0.6) is 5.95 Å². The molecule has 0 bridgehead atoms. The maximum atomic E-state index is 13.6. The van der Waals surface area contributed by atoms with Gasteiger partial charge in [-0.1, -0.05) is 0 Å². The molecule has 1 aliphatic heterocycles. The molecule has 2 atom stereocenters. The van der Waals surface area contributed by atoms with Crippen molar-refractivity contribution in [1.82, 2.24) is 10.2 Å². The van der Waals surface area contributed by atoms with Crippen molar-refractivity contribution >= 4 is 23.0 Å². The van der Waals surface area contributed by atoms with Gasteiger partial charge in [0.15, 0.2) is 5.58 Å². The van der Waals surface area contributed by atoms with Crippen molar-refractivity contribution in [3.8, 4) is 5.95 Å². The minimum atomic E-state index is -4.73. The van der Waals surface area contributed by atoms with Crippen LogP contribution in [0.1, 0.15) is 36.3 Å². The summed E-state index contributed by atoms with van der Waals surface area (Å²) in [5.41, 5.74) is -1.22. The summed E-state index contributed by atoms with van der Waals surface area (Å²) in [6.07, 6.45) is -6.11. The Labute approximate surface area is 173 Å². The summed E-state index contributed by atoms with van der Waals surface area (Å²) in [6, 6.07) is 3.57. The Morgan fingerprint density at radius 1 is 1.19 bits per heavy atom. The highest BCUT2D eigenvalue weighted by Gasteiger charge is 2.48. The van der Waals surface area contributed by atoms with Crippen molar-refractivity contribution in [1.29, 1.82) is 0 Å². The number of carbonyl (C=O) groups is 2. The van der Waals surface area contributed by atoms with Crippen LogP contribution in [0.15, 0.2) is 22.6 Å². The van der Waals surface area contributed by atoms with Crippen molar-refractivity contribution in [2.45, 2.75) is 37.3 Å². The van der Waals surface area contributed by atoms with E-state index in [1.165, 1.54) is 24.1 Å². The van der Waals surface area contributed by atoms with E-state index in [0.717, 1.165) is 6.07 Å². The first-order valence-electron chi connectivity index (χ1n) is 9.69. The lowest BCUT2D eigenvalue weighted by molar-refractivity contribution is -0.138. The molecule has 1 saturated carbocycles. The smallest absolute Gasteiger partial charge is 0.420 e. The van der Waals surface area contributed by atoms with E-state index >= 15 is 0 Å². The van der Waals surface area contributed by atoms with Gasteiger partial charge in [-0.2, -0.15) is 13.2 Å². The fourth-order valence-corrected chi connectivity index (χ4v) is 3.90. The Morgan fingerprint density at radius 2 is 1.87 bits per heavy atom. The molecule has 2 aliphatic rings. The second kappa shape index (κ2) is 7.38. The van der Waals surface area contributed by atoms with Gasteiger partial charge in [0.25, 0.3) is 11.9 Å². The highest BCUT2D eigenvalue weighted by atomic mass is 19.4. The van der Waals surface area contributed by atoms with Crippen LogP contribution in [0.3, 0.4) is 0 Å². The van der Waals surface area contributed by atoms with E-state index in [-0.39, 0.29) is 24.4 Å². The van der Waals surface area contributed by atoms with Gasteiger partial charge in [-0.3, -0.25) is 4.79 Å². The van der Waals surface area contributed by atoms with Crippen LogP contribution in [-0.4, -0.2) is 43.0 Å². The average Bonchev–Trinajstić information content (AvgIpc) is 3.39. The van der Waals surface area contributed by atoms with Gasteiger partial charge >= 0.3 is 12.3 Å². The molecule has 168 valence electrons. The Kier molecular flexibility index (Phi) is 5.09. The van der Waals surface area contributed by atoms with Crippen molar-refractivity contribution < 1.29 is 40.7 Å². The molecule has 1 aromatic carbocycles. The van der Waals surface area contributed by atoms with Crippen molar-refractivity contribution in [2.24, 2.45) is 5.92 Å². The van der Waals surface area contributed by atoms with Crippen LogP contribution in [0, 0.1) is 5.92 Å². The van der Waals surface area contributed by atoms with Crippen LogP contribution in [-0.2, 0) is 11.0 Å². The number of rotatable bonds is 3. The number of furan rings is 1. The SMILES string of the molecule is CNC(=O)Oc1cc2cc(C3CC3C(=O)N3CCC(F)(F)CC3)cc(C(F)(F)F)c2o1. The molecule has 0 spiro atoms. The lowest BCUT2D eigenvalue weighted by Gasteiger charge is -2.32. The monoisotopic (exact) mass is 446 g/mol. The number of nitrogens with zero attached hydrogens (tertiary/aromatic N) is 1. The number of piperidine rings is 1. The number of alkyl halides is 5. The maximum Gasteiger partial charge on any atom is 0.420 e. The molecular formula is C20H19F5N2O4. The first-order chi connectivity index (χ1) is 14.5. The molecule has 0 radical (unpaired) electrons. The van der Waals surface area contributed by atoms with Gasteiger partial charge in [0.05, 0.1) is 5.56 Å². The number of nitrogens with one attached hydrogen (secondary N) is 1. The van der Waals surface area contributed by atoms with Crippen LogP contribution in [0.2, 0.25) is 0 Å². The number of hydrogen-bond donors (Lipinski definition) is 1. The summed E-state index contributed by atoms with van der Waals surface area (Å²) in [7, 11) is 1.29. The van der Waals surface area contributed by atoms with Crippen molar-refractivity contribution in [2.75, 3.05) is 20.1 Å². The number of halogens is 5. The lowest BCUT2D eigenvalue weighted by Crippen LogP contribution is -2.43. The molecule has 31 heavy (non-hydrogen) atoms. The molecule has 2 fully saturated rings. The van der Waals surface area contributed by atoms with Gasteiger partial charge < -0.3 is 19.4 Å². The molecule has 1 aliphatic carbocycles. The van der Waals surface area contributed by atoms with Gasteiger partial charge in [-0.15, -0.1) is 0 Å². The molecule has 2 unspecified atom stereocenters. The molecule has 1 N–H and O–H groups in total. The second-order valence-corrected chi connectivity index (χ2v) is 7.82. The van der Waals surface area contributed by atoms with Crippen molar-refractivity contribution in [3.05, 3.63) is 29.3 Å². The molecule has 11 heteroatoms. The molecule has 2 heterocycles.